The van der Waals surface area contributed by atoms with Crippen LogP contribution in [0.15, 0.2) is 229 Å². The molecule has 3 heterocycles. The van der Waals surface area contributed by atoms with E-state index in [1.165, 1.54) is 33.4 Å². The third-order valence-electron chi connectivity index (χ3n) is 13.2. The summed E-state index contributed by atoms with van der Waals surface area (Å²) >= 11 is 0. The van der Waals surface area contributed by atoms with Gasteiger partial charge >= 0.3 is 0 Å². The Balaban J connectivity index is 0.983. The molecule has 1 atom stereocenters. The van der Waals surface area contributed by atoms with Crippen LogP contribution in [0.2, 0.25) is 0 Å². The van der Waals surface area contributed by atoms with Crippen LogP contribution in [0.3, 0.4) is 0 Å². The van der Waals surface area contributed by atoms with Crippen LogP contribution in [-0.4, -0.2) is 4.57 Å². The minimum Gasteiger partial charge on any atom is -0.460 e. The molecule has 0 fully saturated rings. The van der Waals surface area contributed by atoms with Crippen LogP contribution < -0.4 is 9.64 Å². The Morgan fingerprint density at radius 1 is 0.667 bits per heavy atom. The largest absolute Gasteiger partial charge is 0.460 e. The number of anilines is 3. The Morgan fingerprint density at radius 3 is 2.20 bits per heavy atom. The van der Waals surface area contributed by atoms with E-state index in [1.807, 2.05) is 36.4 Å². The summed E-state index contributed by atoms with van der Waals surface area (Å²) in [4.78, 5) is 2.36. The molecule has 0 amide bonds. The molecule has 66 heavy (non-hydrogen) atoms. The zero-order valence-electron chi connectivity index (χ0n) is 36.7. The first-order chi connectivity index (χ1) is 32.6. The number of fused-ring (bicyclic) bond motifs is 7. The van der Waals surface area contributed by atoms with Crippen LogP contribution in [0.4, 0.5) is 17.1 Å². The SMILES string of the molecule is C=C/C=C\C(=C1/Cc2ccccc2O1)c1ccc(N(c2ccccc2)c2ccc(-c3ccc(-n4c5c(c6ccccc64)CC(C)C=C5)cc3)cc2)c(-c2cccc3c2oc2ccccc23)c1. The maximum Gasteiger partial charge on any atom is 0.143 e. The minimum atomic E-state index is 0.530. The predicted octanol–water partition coefficient (Wildman–Crippen LogP) is 16.6. The molecule has 1 unspecified atom stereocenters. The normalized spacial score (nSPS) is 15.0. The van der Waals surface area contributed by atoms with Gasteiger partial charge in [0.05, 0.1) is 11.2 Å². The van der Waals surface area contributed by atoms with Crippen molar-refractivity contribution in [2.24, 2.45) is 5.92 Å². The molecule has 0 radical (unpaired) electrons. The summed E-state index contributed by atoms with van der Waals surface area (Å²) in [6, 6.07) is 67.2. The van der Waals surface area contributed by atoms with Crippen molar-refractivity contribution in [2.45, 2.75) is 19.8 Å². The van der Waals surface area contributed by atoms with Gasteiger partial charge in [-0.2, -0.15) is 0 Å². The Hall–Kier alpha value is -8.34. The van der Waals surface area contributed by atoms with Gasteiger partial charge in [0.15, 0.2) is 0 Å². The van der Waals surface area contributed by atoms with Crippen molar-refractivity contribution in [1.82, 2.24) is 4.57 Å². The molecule has 10 aromatic rings. The van der Waals surface area contributed by atoms with E-state index in [9.17, 15) is 0 Å². The van der Waals surface area contributed by atoms with E-state index in [-0.39, 0.29) is 0 Å². The summed E-state index contributed by atoms with van der Waals surface area (Å²) in [6.45, 7) is 6.31. The summed E-state index contributed by atoms with van der Waals surface area (Å²) < 4.78 is 15.7. The molecule has 12 rings (SSSR count). The molecule has 2 aromatic heterocycles. The molecular weight excluding hydrogens is 805 g/mol. The highest BCUT2D eigenvalue weighted by Crippen LogP contribution is 2.47. The molecule has 1 aliphatic heterocycles. The van der Waals surface area contributed by atoms with E-state index in [1.54, 1.807) is 0 Å². The van der Waals surface area contributed by atoms with Crippen molar-refractivity contribution < 1.29 is 9.15 Å². The van der Waals surface area contributed by atoms with Gasteiger partial charge in [-0.05, 0) is 107 Å². The molecule has 0 saturated heterocycles. The molecule has 4 heteroatoms. The molecular formula is C62H46N2O2. The van der Waals surface area contributed by atoms with Gasteiger partial charge < -0.3 is 18.6 Å². The van der Waals surface area contributed by atoms with Crippen molar-refractivity contribution in [2.75, 3.05) is 4.90 Å². The Morgan fingerprint density at radius 2 is 1.38 bits per heavy atom. The summed E-state index contributed by atoms with van der Waals surface area (Å²) in [5.74, 6) is 2.34. The quantitative estimate of drug-likeness (QED) is 0.136. The van der Waals surface area contributed by atoms with Gasteiger partial charge in [-0.1, -0.05) is 159 Å². The second kappa shape index (κ2) is 16.3. The van der Waals surface area contributed by atoms with E-state index in [0.29, 0.717) is 12.3 Å². The number of aromatic nitrogens is 1. The predicted molar refractivity (Wildman–Crippen MR) is 275 cm³/mol. The fourth-order valence-electron chi connectivity index (χ4n) is 10.1. The van der Waals surface area contributed by atoms with Crippen LogP contribution in [0.25, 0.3) is 72.4 Å². The highest BCUT2D eigenvalue weighted by atomic mass is 16.5. The lowest BCUT2D eigenvalue weighted by molar-refractivity contribution is 0.449. The summed E-state index contributed by atoms with van der Waals surface area (Å²) in [7, 11) is 0. The number of rotatable bonds is 9. The lowest BCUT2D eigenvalue weighted by Gasteiger charge is -2.28. The maximum absolute atomic E-state index is 6.75. The van der Waals surface area contributed by atoms with Crippen molar-refractivity contribution in [3.05, 3.63) is 247 Å². The number of benzene rings is 8. The third-order valence-corrected chi connectivity index (χ3v) is 13.2. The monoisotopic (exact) mass is 850 g/mol. The first-order valence-corrected chi connectivity index (χ1v) is 22.8. The van der Waals surface area contributed by atoms with E-state index in [4.69, 9.17) is 9.15 Å². The van der Waals surface area contributed by atoms with Gasteiger partial charge in [0.25, 0.3) is 0 Å². The average molecular weight is 851 g/mol. The maximum atomic E-state index is 6.75. The summed E-state index contributed by atoms with van der Waals surface area (Å²) in [6.07, 6.45) is 12.3. The minimum absolute atomic E-state index is 0.530. The zero-order valence-corrected chi connectivity index (χ0v) is 36.7. The fourth-order valence-corrected chi connectivity index (χ4v) is 10.1. The Labute approximate surface area is 385 Å². The van der Waals surface area contributed by atoms with E-state index >= 15 is 0 Å². The highest BCUT2D eigenvalue weighted by molar-refractivity contribution is 6.11. The van der Waals surface area contributed by atoms with Crippen molar-refractivity contribution in [3.63, 3.8) is 0 Å². The van der Waals surface area contributed by atoms with Crippen LogP contribution >= 0.6 is 0 Å². The van der Waals surface area contributed by atoms with Crippen molar-refractivity contribution >= 4 is 61.6 Å². The van der Waals surface area contributed by atoms with Gasteiger partial charge in [-0.3, -0.25) is 0 Å². The zero-order chi connectivity index (χ0) is 44.1. The van der Waals surface area contributed by atoms with Gasteiger partial charge in [0.2, 0.25) is 0 Å². The average Bonchev–Trinajstić information content (AvgIpc) is 4.07. The Bertz CT molecular complexity index is 3560. The molecule has 0 saturated carbocycles. The fraction of sp³-hybridized carbons (Fsp3) is 0.0645. The van der Waals surface area contributed by atoms with Crippen LogP contribution in [0.1, 0.15) is 29.3 Å². The van der Waals surface area contributed by atoms with Crippen LogP contribution in [0.5, 0.6) is 5.75 Å². The number of allylic oxidation sites excluding steroid dienone is 6. The van der Waals surface area contributed by atoms with Crippen molar-refractivity contribution in [1.29, 1.82) is 0 Å². The van der Waals surface area contributed by atoms with Gasteiger partial charge in [0.1, 0.15) is 22.7 Å². The number of hydrogen-bond donors (Lipinski definition) is 0. The topological polar surface area (TPSA) is 30.5 Å². The smallest absolute Gasteiger partial charge is 0.143 e. The molecule has 0 N–H and O–H groups in total. The summed E-state index contributed by atoms with van der Waals surface area (Å²) in [5, 5.41) is 3.52. The first-order valence-electron chi connectivity index (χ1n) is 22.8. The molecule has 0 spiro atoms. The second-order valence-corrected chi connectivity index (χ2v) is 17.4. The Kier molecular flexibility index (Phi) is 9.72. The second-order valence-electron chi connectivity index (χ2n) is 17.4. The van der Waals surface area contributed by atoms with Gasteiger partial charge in [-0.15, -0.1) is 0 Å². The highest BCUT2D eigenvalue weighted by Gasteiger charge is 2.25. The van der Waals surface area contributed by atoms with Gasteiger partial charge in [-0.25, -0.2) is 0 Å². The van der Waals surface area contributed by atoms with Crippen LogP contribution in [-0.2, 0) is 12.8 Å². The molecule has 1 aliphatic carbocycles. The van der Waals surface area contributed by atoms with Crippen molar-refractivity contribution in [3.8, 4) is 33.7 Å². The van der Waals surface area contributed by atoms with E-state index in [0.717, 1.165) is 90.3 Å². The van der Waals surface area contributed by atoms with E-state index < -0.39 is 0 Å². The summed E-state index contributed by atoms with van der Waals surface area (Å²) in [5.41, 5.74) is 17.5. The third kappa shape index (κ3) is 6.78. The number of nitrogens with zero attached hydrogens (tertiary/aromatic N) is 2. The van der Waals surface area contributed by atoms with Crippen LogP contribution in [0, 0.1) is 5.92 Å². The number of ether oxygens (including phenoxy) is 1. The standard InChI is InChI=1S/C62H46N2O2/c1-3-4-18-49(61-40-45-15-8-12-24-59(45)65-61)44-31-37-57(55(39-44)53-22-14-21-52-51-20-10-13-25-60(51)66-62(52)53)63(46-16-6-5-7-17-46)47-32-27-42(28-33-47)43-29-34-48(35-30-43)64-56-23-11-9-19-50(56)54-38-41(2)26-36-58(54)64/h3-37,39,41H,1,38,40H2,2H3/b18-4-,61-49-. The lowest BCUT2D eigenvalue weighted by Crippen LogP contribution is -2.11. The molecule has 4 nitrogen and oxygen atoms in total. The molecule has 316 valence electrons. The number of para-hydroxylation sites is 5. The van der Waals surface area contributed by atoms with Gasteiger partial charge in [0, 0.05) is 67.6 Å². The first kappa shape index (κ1) is 39.3. The molecule has 8 aromatic carbocycles. The molecule has 0 bridgehead atoms. The number of furan rings is 1. The lowest BCUT2D eigenvalue weighted by atomic mass is 9.93. The number of hydrogen-bond acceptors (Lipinski definition) is 3. The molecule has 2 aliphatic rings. The van der Waals surface area contributed by atoms with E-state index in [2.05, 4.69) is 205 Å².